The molecular formula is C28H34N6O4. The molecule has 1 saturated heterocycles. The van der Waals surface area contributed by atoms with Crippen LogP contribution in [0.4, 0.5) is 0 Å². The lowest BCUT2D eigenvalue weighted by Gasteiger charge is -2.26. The van der Waals surface area contributed by atoms with Gasteiger partial charge in [0.2, 0.25) is 0 Å². The van der Waals surface area contributed by atoms with Crippen LogP contribution in [-0.4, -0.2) is 88.4 Å². The lowest BCUT2D eigenvalue weighted by molar-refractivity contribution is 0.0748. The van der Waals surface area contributed by atoms with E-state index < -0.39 is 0 Å². The molecule has 6 rings (SSSR count). The van der Waals surface area contributed by atoms with Gasteiger partial charge in [-0.15, -0.1) is 0 Å². The van der Waals surface area contributed by atoms with Gasteiger partial charge in [0.05, 0.1) is 28.7 Å². The minimum atomic E-state index is -0.248. The van der Waals surface area contributed by atoms with Gasteiger partial charge >= 0.3 is 0 Å². The lowest BCUT2D eigenvalue weighted by Crippen LogP contribution is -2.44. The topological polar surface area (TPSA) is 115 Å². The van der Waals surface area contributed by atoms with Crippen LogP contribution in [0.5, 0.6) is 11.5 Å². The van der Waals surface area contributed by atoms with Crippen LogP contribution >= 0.6 is 0 Å². The Morgan fingerprint density at radius 3 is 2.76 bits per heavy atom. The summed E-state index contributed by atoms with van der Waals surface area (Å²) in [6, 6.07) is 9.32. The summed E-state index contributed by atoms with van der Waals surface area (Å²) >= 11 is 0. The van der Waals surface area contributed by atoms with Gasteiger partial charge in [0, 0.05) is 57.3 Å². The molecule has 0 unspecified atom stereocenters. The van der Waals surface area contributed by atoms with E-state index in [0.29, 0.717) is 44.1 Å². The molecule has 0 saturated carbocycles. The zero-order chi connectivity index (χ0) is 26.3. The fourth-order valence-corrected chi connectivity index (χ4v) is 5.31. The molecule has 3 aliphatic rings. The summed E-state index contributed by atoms with van der Waals surface area (Å²) in [5, 5.41) is 22.2. The number of H-pyrrole nitrogens is 1. The summed E-state index contributed by atoms with van der Waals surface area (Å²) in [7, 11) is 0. The summed E-state index contributed by atoms with van der Waals surface area (Å²) in [4.78, 5) is 22.3. The normalized spacial score (nSPS) is 18.9. The van der Waals surface area contributed by atoms with Crippen LogP contribution in [0.1, 0.15) is 41.0 Å². The van der Waals surface area contributed by atoms with E-state index >= 15 is 0 Å². The first kappa shape index (κ1) is 24.7. The maximum absolute atomic E-state index is 13.5. The number of aromatic hydroxyl groups is 1. The molecular weight excluding hydrogens is 484 g/mol. The molecule has 1 amide bonds. The van der Waals surface area contributed by atoms with Crippen LogP contribution in [0.15, 0.2) is 35.3 Å². The number of benzene rings is 2. The smallest absolute Gasteiger partial charge is 0.258 e. The van der Waals surface area contributed by atoms with Crippen molar-refractivity contribution in [3.63, 3.8) is 0 Å². The number of hydrogen-bond donors (Lipinski definition) is 3. The molecule has 10 nitrogen and oxygen atoms in total. The molecule has 10 heteroatoms. The van der Waals surface area contributed by atoms with E-state index in [0.717, 1.165) is 60.7 Å². The Bertz CT molecular complexity index is 1390. The number of phenols is 1. The molecule has 0 aliphatic carbocycles. The second kappa shape index (κ2) is 9.92. The summed E-state index contributed by atoms with van der Waals surface area (Å²) in [5.74, 6) is 1.16. The summed E-state index contributed by atoms with van der Waals surface area (Å²) in [5.41, 5.74) is 3.58. The highest BCUT2D eigenvalue weighted by molar-refractivity contribution is 6.02. The van der Waals surface area contributed by atoms with Gasteiger partial charge in [-0.2, -0.15) is 5.10 Å². The van der Waals surface area contributed by atoms with Crippen molar-refractivity contribution in [3.8, 4) is 11.5 Å². The van der Waals surface area contributed by atoms with Crippen LogP contribution in [0.2, 0.25) is 0 Å². The second-order valence-corrected chi connectivity index (χ2v) is 10.9. The predicted octanol–water partition coefficient (Wildman–Crippen LogP) is 2.46. The Balaban J connectivity index is 1.14. The number of carbonyl (C=O) groups is 1. The first-order valence-electron chi connectivity index (χ1n) is 13.2. The second-order valence-electron chi connectivity index (χ2n) is 10.9. The Morgan fingerprint density at radius 1 is 1.16 bits per heavy atom. The van der Waals surface area contributed by atoms with Gasteiger partial charge < -0.3 is 24.8 Å². The van der Waals surface area contributed by atoms with Gasteiger partial charge in [0.15, 0.2) is 5.90 Å². The molecule has 0 bridgehead atoms. The number of nitrogens with one attached hydrogen (secondary N) is 2. The number of carbonyl (C=O) groups excluding carboxylic acids is 1. The van der Waals surface area contributed by atoms with Crippen LogP contribution in [0, 0.1) is 0 Å². The van der Waals surface area contributed by atoms with Gasteiger partial charge in [-0.05, 0) is 43.2 Å². The van der Waals surface area contributed by atoms with Crippen molar-refractivity contribution in [2.45, 2.75) is 38.9 Å². The van der Waals surface area contributed by atoms with Crippen molar-refractivity contribution < 1.29 is 19.4 Å². The standard InChI is InChI=1S/C28H34N6O4/c1-28(2)17-38-26(30-28)14-24-21-12-22(25(35)13-23(21)31-32-24)27(36)34-15-18-3-4-20(11-19(18)16-34)37-10-9-33-7-5-29-6-8-33/h3-4,11-13,29,35H,5-10,14-17H2,1-2H3,(H,31,32). The monoisotopic (exact) mass is 518 g/mol. The van der Waals surface area contributed by atoms with Crippen LogP contribution in [-0.2, 0) is 24.2 Å². The van der Waals surface area contributed by atoms with E-state index in [9.17, 15) is 9.90 Å². The molecule has 4 heterocycles. The fourth-order valence-electron chi connectivity index (χ4n) is 5.31. The Morgan fingerprint density at radius 2 is 1.97 bits per heavy atom. The van der Waals surface area contributed by atoms with Crippen molar-refractivity contribution in [2.24, 2.45) is 4.99 Å². The van der Waals surface area contributed by atoms with Crippen molar-refractivity contribution in [1.29, 1.82) is 0 Å². The molecule has 3 N–H and O–H groups in total. The van der Waals surface area contributed by atoms with E-state index in [1.807, 2.05) is 32.0 Å². The molecule has 3 aromatic rings. The summed E-state index contributed by atoms with van der Waals surface area (Å²) in [6.07, 6.45) is 0.425. The number of piperazine rings is 1. The zero-order valence-electron chi connectivity index (χ0n) is 21.9. The van der Waals surface area contributed by atoms with Crippen molar-refractivity contribution in [3.05, 3.63) is 52.7 Å². The molecule has 1 aromatic heterocycles. The lowest BCUT2D eigenvalue weighted by atomic mass is 10.1. The third kappa shape index (κ3) is 5.06. The number of aromatic amines is 1. The number of ether oxygens (including phenoxy) is 2. The number of phenolic OH excluding ortho intramolecular Hbond substituents is 1. The fraction of sp³-hybridized carbons (Fsp3) is 0.464. The average molecular weight is 519 g/mol. The maximum Gasteiger partial charge on any atom is 0.258 e. The highest BCUT2D eigenvalue weighted by Gasteiger charge is 2.29. The van der Waals surface area contributed by atoms with Crippen LogP contribution < -0.4 is 10.1 Å². The van der Waals surface area contributed by atoms with Gasteiger partial charge in [-0.3, -0.25) is 14.8 Å². The third-order valence-corrected chi connectivity index (χ3v) is 7.40. The summed E-state index contributed by atoms with van der Waals surface area (Å²) in [6.45, 7) is 11.2. The predicted molar refractivity (Wildman–Crippen MR) is 144 cm³/mol. The first-order chi connectivity index (χ1) is 18.3. The van der Waals surface area contributed by atoms with Crippen LogP contribution in [0.25, 0.3) is 10.9 Å². The number of aliphatic imine (C=N–C) groups is 1. The van der Waals surface area contributed by atoms with E-state index in [4.69, 9.17) is 9.47 Å². The SMILES string of the molecule is CC1(C)COC(Cc2n[nH]c3cc(O)c(C(=O)N4Cc5ccc(OCCN6CCNCC6)cc5C4)cc23)=N1. The Hall–Kier alpha value is -3.63. The van der Waals surface area contributed by atoms with E-state index in [-0.39, 0.29) is 22.8 Å². The average Bonchev–Trinajstić information content (AvgIpc) is 3.60. The van der Waals surface area contributed by atoms with E-state index in [1.165, 1.54) is 0 Å². The van der Waals surface area contributed by atoms with Gasteiger partial charge in [0.25, 0.3) is 5.91 Å². The number of amides is 1. The molecule has 2 aromatic carbocycles. The van der Waals surface area contributed by atoms with Gasteiger partial charge in [-0.25, -0.2) is 4.99 Å². The Labute approximate surface area is 221 Å². The highest BCUT2D eigenvalue weighted by Crippen LogP contribution is 2.32. The molecule has 1 fully saturated rings. The molecule has 3 aliphatic heterocycles. The molecule has 38 heavy (non-hydrogen) atoms. The number of fused-ring (bicyclic) bond motifs is 2. The first-order valence-corrected chi connectivity index (χ1v) is 13.2. The van der Waals surface area contributed by atoms with Gasteiger partial charge in [0.1, 0.15) is 24.7 Å². The van der Waals surface area contributed by atoms with Crippen molar-refractivity contribution >= 4 is 22.7 Å². The Kier molecular flexibility index (Phi) is 6.45. The molecule has 0 spiro atoms. The van der Waals surface area contributed by atoms with E-state index in [1.54, 1.807) is 17.0 Å². The van der Waals surface area contributed by atoms with Crippen molar-refractivity contribution in [2.75, 3.05) is 45.9 Å². The largest absolute Gasteiger partial charge is 0.507 e. The maximum atomic E-state index is 13.5. The van der Waals surface area contributed by atoms with E-state index in [2.05, 4.69) is 25.4 Å². The number of nitrogens with zero attached hydrogens (tertiary/aromatic N) is 4. The van der Waals surface area contributed by atoms with Gasteiger partial charge in [-0.1, -0.05) is 6.07 Å². The molecule has 0 radical (unpaired) electrons. The van der Waals surface area contributed by atoms with Crippen LogP contribution in [0.3, 0.4) is 0 Å². The zero-order valence-corrected chi connectivity index (χ0v) is 21.9. The minimum absolute atomic E-state index is 0.0684. The minimum Gasteiger partial charge on any atom is -0.507 e. The number of aromatic nitrogens is 2. The third-order valence-electron chi connectivity index (χ3n) is 7.40. The summed E-state index contributed by atoms with van der Waals surface area (Å²) < 4.78 is 11.7. The molecule has 200 valence electrons. The highest BCUT2D eigenvalue weighted by atomic mass is 16.5. The number of hydrogen-bond acceptors (Lipinski definition) is 8. The quantitative estimate of drug-likeness (QED) is 0.440. The molecule has 0 atom stereocenters. The number of rotatable bonds is 7. The van der Waals surface area contributed by atoms with Crippen molar-refractivity contribution in [1.82, 2.24) is 25.3 Å².